The Hall–Kier alpha value is -3.01. The van der Waals surface area contributed by atoms with Crippen LogP contribution in [0.2, 0.25) is 0 Å². The average Bonchev–Trinajstić information content (AvgIpc) is 2.70. The zero-order valence-corrected chi connectivity index (χ0v) is 17.6. The summed E-state index contributed by atoms with van der Waals surface area (Å²) < 4.78 is 11.5. The average molecular weight is 392 g/mol. The number of ether oxygens (including phenoxy) is 2. The van der Waals surface area contributed by atoms with E-state index in [4.69, 9.17) is 9.47 Å². The van der Waals surface area contributed by atoms with Gasteiger partial charge in [-0.15, -0.1) is 0 Å². The van der Waals surface area contributed by atoms with Crippen molar-refractivity contribution in [1.82, 2.24) is 5.32 Å². The number of hydrogen-bond acceptors (Lipinski definition) is 3. The van der Waals surface area contributed by atoms with Gasteiger partial charge in [0.1, 0.15) is 18.1 Å². The molecular weight excluding hydrogens is 362 g/mol. The first kappa shape index (κ1) is 20.7. The van der Waals surface area contributed by atoms with Crippen molar-refractivity contribution in [3.8, 4) is 11.5 Å². The molecule has 0 aliphatic carbocycles. The summed E-state index contributed by atoms with van der Waals surface area (Å²) in [5.41, 5.74) is 1.32. The van der Waals surface area contributed by atoms with Crippen LogP contribution in [0.15, 0.2) is 66.7 Å². The summed E-state index contributed by atoms with van der Waals surface area (Å²) in [6.07, 6.45) is -0.573. The lowest BCUT2D eigenvalue weighted by Gasteiger charge is -2.20. The molecule has 0 heterocycles. The van der Waals surface area contributed by atoms with Crippen LogP contribution in [0, 0.1) is 0 Å². The number of rotatable bonds is 7. The molecule has 0 fully saturated rings. The largest absolute Gasteiger partial charge is 0.492 e. The van der Waals surface area contributed by atoms with Gasteiger partial charge in [0.05, 0.1) is 6.54 Å². The second-order valence-corrected chi connectivity index (χ2v) is 8.18. The molecule has 4 heteroatoms. The lowest BCUT2D eigenvalue weighted by atomic mass is 9.87. The topological polar surface area (TPSA) is 47.6 Å². The van der Waals surface area contributed by atoms with Crippen molar-refractivity contribution in [2.45, 2.75) is 39.2 Å². The maximum atomic E-state index is 12.3. The summed E-state index contributed by atoms with van der Waals surface area (Å²) in [6, 6.07) is 22.0. The fourth-order valence-electron chi connectivity index (χ4n) is 3.04. The number of carbonyl (C=O) groups excluding carboxylic acids is 1. The smallest absolute Gasteiger partial charge is 0.260 e. The van der Waals surface area contributed by atoms with E-state index < -0.39 is 6.10 Å². The molecule has 1 N–H and O–H groups in total. The van der Waals surface area contributed by atoms with Gasteiger partial charge in [0, 0.05) is 0 Å². The van der Waals surface area contributed by atoms with E-state index in [0.29, 0.717) is 18.9 Å². The number of hydrogen-bond donors (Lipinski definition) is 1. The number of nitrogens with one attached hydrogen (secondary N) is 1. The van der Waals surface area contributed by atoms with Gasteiger partial charge in [-0.1, -0.05) is 63.2 Å². The molecule has 0 bridgehead atoms. The van der Waals surface area contributed by atoms with Gasteiger partial charge in [0.15, 0.2) is 6.10 Å². The minimum Gasteiger partial charge on any atom is -0.492 e. The van der Waals surface area contributed by atoms with Crippen molar-refractivity contribution in [2.24, 2.45) is 0 Å². The Morgan fingerprint density at radius 1 is 0.931 bits per heavy atom. The molecule has 0 radical (unpaired) electrons. The first-order valence-corrected chi connectivity index (χ1v) is 9.99. The molecule has 4 nitrogen and oxygen atoms in total. The Balaban J connectivity index is 1.43. The van der Waals surface area contributed by atoms with Gasteiger partial charge in [-0.25, -0.2) is 0 Å². The highest BCUT2D eigenvalue weighted by molar-refractivity contribution is 5.83. The molecule has 152 valence electrons. The van der Waals surface area contributed by atoms with E-state index >= 15 is 0 Å². The highest BCUT2D eigenvalue weighted by atomic mass is 16.5. The summed E-state index contributed by atoms with van der Waals surface area (Å²) in [7, 11) is 0. The van der Waals surface area contributed by atoms with Crippen LogP contribution in [0.4, 0.5) is 0 Å². The number of fused-ring (bicyclic) bond motifs is 1. The molecule has 0 saturated carbocycles. The molecule has 0 aliphatic rings. The highest BCUT2D eigenvalue weighted by Gasteiger charge is 2.16. The lowest BCUT2D eigenvalue weighted by molar-refractivity contribution is -0.127. The summed E-state index contributed by atoms with van der Waals surface area (Å²) in [4.78, 5) is 12.3. The van der Waals surface area contributed by atoms with Gasteiger partial charge in [-0.2, -0.15) is 0 Å². The molecule has 0 aromatic heterocycles. The van der Waals surface area contributed by atoms with Crippen LogP contribution in [0.1, 0.15) is 33.3 Å². The van der Waals surface area contributed by atoms with Crippen molar-refractivity contribution in [1.29, 1.82) is 0 Å². The van der Waals surface area contributed by atoms with Gasteiger partial charge >= 0.3 is 0 Å². The normalized spacial score (nSPS) is 12.4. The third kappa shape index (κ3) is 5.74. The minimum absolute atomic E-state index is 0.0898. The quantitative estimate of drug-likeness (QED) is 0.570. The molecule has 0 aliphatic heterocycles. The summed E-state index contributed by atoms with van der Waals surface area (Å²) >= 11 is 0. The Morgan fingerprint density at radius 2 is 1.59 bits per heavy atom. The number of benzene rings is 3. The van der Waals surface area contributed by atoms with Gasteiger partial charge < -0.3 is 14.8 Å². The van der Waals surface area contributed by atoms with Crippen LogP contribution in [0.3, 0.4) is 0 Å². The monoisotopic (exact) mass is 391 g/mol. The van der Waals surface area contributed by atoms with E-state index in [1.165, 1.54) is 10.9 Å². The molecule has 29 heavy (non-hydrogen) atoms. The minimum atomic E-state index is -0.573. The molecule has 1 atom stereocenters. The molecule has 0 unspecified atom stereocenters. The standard InChI is InChI=1S/C25H29NO3/c1-18(29-22-13-10-21(11-14-22)25(2,3)4)24(27)26-15-16-28-23-12-9-19-7-5-6-8-20(19)17-23/h5-14,17-18H,15-16H2,1-4H3,(H,26,27)/t18-/m1/s1. The third-order valence-corrected chi connectivity index (χ3v) is 4.79. The van der Waals surface area contributed by atoms with Crippen LogP contribution in [0.5, 0.6) is 11.5 Å². The Morgan fingerprint density at radius 3 is 2.28 bits per heavy atom. The van der Waals surface area contributed by atoms with E-state index in [9.17, 15) is 4.79 Å². The zero-order valence-electron chi connectivity index (χ0n) is 17.6. The molecular formula is C25H29NO3. The first-order chi connectivity index (χ1) is 13.8. The summed E-state index contributed by atoms with van der Waals surface area (Å²) in [6.45, 7) is 9.06. The van der Waals surface area contributed by atoms with Crippen LogP contribution < -0.4 is 14.8 Å². The van der Waals surface area contributed by atoms with Gasteiger partial charge in [0.25, 0.3) is 5.91 Å². The Kier molecular flexibility index (Phi) is 6.42. The number of amides is 1. The summed E-state index contributed by atoms with van der Waals surface area (Å²) in [5.74, 6) is 1.32. The Bertz CT molecular complexity index is 958. The first-order valence-electron chi connectivity index (χ1n) is 9.99. The molecule has 3 aromatic rings. The van der Waals surface area contributed by atoms with Crippen molar-refractivity contribution in [2.75, 3.05) is 13.2 Å². The van der Waals surface area contributed by atoms with Crippen LogP contribution in [-0.2, 0) is 10.2 Å². The van der Waals surface area contributed by atoms with E-state index in [0.717, 1.165) is 11.1 Å². The predicted molar refractivity (Wildman–Crippen MR) is 118 cm³/mol. The molecule has 0 saturated heterocycles. The van der Waals surface area contributed by atoms with Gasteiger partial charge in [-0.3, -0.25) is 4.79 Å². The maximum Gasteiger partial charge on any atom is 0.260 e. The third-order valence-electron chi connectivity index (χ3n) is 4.79. The fourth-order valence-corrected chi connectivity index (χ4v) is 3.04. The molecule has 3 rings (SSSR count). The van der Waals surface area contributed by atoms with Crippen molar-refractivity contribution < 1.29 is 14.3 Å². The van der Waals surface area contributed by atoms with Gasteiger partial charge in [-0.05, 0) is 52.9 Å². The summed E-state index contributed by atoms with van der Waals surface area (Å²) in [5, 5.41) is 5.17. The molecule has 0 spiro atoms. The van der Waals surface area contributed by atoms with Crippen molar-refractivity contribution in [3.05, 3.63) is 72.3 Å². The van der Waals surface area contributed by atoms with Crippen molar-refractivity contribution in [3.63, 3.8) is 0 Å². The second-order valence-electron chi connectivity index (χ2n) is 8.18. The highest BCUT2D eigenvalue weighted by Crippen LogP contribution is 2.24. The maximum absolute atomic E-state index is 12.3. The molecule has 3 aromatic carbocycles. The van der Waals surface area contributed by atoms with Crippen LogP contribution >= 0.6 is 0 Å². The SMILES string of the molecule is C[C@@H](Oc1ccc(C(C)(C)C)cc1)C(=O)NCCOc1ccc2ccccc2c1. The van der Waals surface area contributed by atoms with E-state index in [2.05, 4.69) is 38.2 Å². The van der Waals surface area contributed by atoms with Crippen molar-refractivity contribution >= 4 is 16.7 Å². The van der Waals surface area contributed by atoms with E-state index in [-0.39, 0.29) is 11.3 Å². The molecule has 1 amide bonds. The second kappa shape index (κ2) is 8.99. The van der Waals surface area contributed by atoms with Crippen LogP contribution in [0.25, 0.3) is 10.8 Å². The zero-order chi connectivity index (χ0) is 20.9. The van der Waals surface area contributed by atoms with E-state index in [1.54, 1.807) is 6.92 Å². The number of carbonyl (C=O) groups is 1. The van der Waals surface area contributed by atoms with Crippen LogP contribution in [-0.4, -0.2) is 25.2 Å². The Labute approximate surface area is 172 Å². The van der Waals surface area contributed by atoms with Gasteiger partial charge in [0.2, 0.25) is 0 Å². The lowest BCUT2D eigenvalue weighted by Crippen LogP contribution is -2.38. The fraction of sp³-hybridized carbons (Fsp3) is 0.320. The van der Waals surface area contributed by atoms with E-state index in [1.807, 2.05) is 54.6 Å². The predicted octanol–water partition coefficient (Wildman–Crippen LogP) is 5.10.